The highest BCUT2D eigenvalue weighted by atomic mass is 35.5. The van der Waals surface area contributed by atoms with E-state index in [9.17, 15) is 9.59 Å². The van der Waals surface area contributed by atoms with Crippen molar-refractivity contribution in [1.82, 2.24) is 9.58 Å². The molecular weight excluding hydrogens is 409 g/mol. The summed E-state index contributed by atoms with van der Waals surface area (Å²) < 4.78 is 1.99. The van der Waals surface area contributed by atoms with Gasteiger partial charge in [0.25, 0.3) is 11.8 Å². The Morgan fingerprint density at radius 2 is 1.72 bits per heavy atom. The number of hydrogen-bond acceptors (Lipinski definition) is 3. The highest BCUT2D eigenvalue weighted by Crippen LogP contribution is 2.52. The van der Waals surface area contributed by atoms with Crippen LogP contribution in [0.25, 0.3) is 5.69 Å². The van der Waals surface area contributed by atoms with Gasteiger partial charge in [-0.2, -0.15) is 10.1 Å². The van der Waals surface area contributed by atoms with Crippen LogP contribution >= 0.6 is 23.2 Å². The van der Waals surface area contributed by atoms with E-state index in [0.717, 1.165) is 34.1 Å². The molecule has 0 radical (unpaired) electrons. The zero-order valence-electron chi connectivity index (χ0n) is 16.0. The van der Waals surface area contributed by atoms with Crippen LogP contribution in [0, 0.1) is 37.5 Å². The maximum Gasteiger partial charge on any atom is 0.254 e. The van der Waals surface area contributed by atoms with Gasteiger partial charge in [0.15, 0.2) is 0 Å². The van der Waals surface area contributed by atoms with Crippen LogP contribution in [-0.2, 0) is 9.59 Å². The molecule has 1 aliphatic heterocycles. The molecule has 2 fully saturated rings. The Balaban J connectivity index is 1.46. The topological polar surface area (TPSA) is 54.7 Å². The first-order valence-corrected chi connectivity index (χ1v) is 10.4. The minimum Gasteiger partial charge on any atom is -0.316 e. The number of benzene rings is 1. The fourth-order valence-electron chi connectivity index (χ4n) is 5.07. The molecular formula is C22H19Cl2N3O2. The first-order valence-electron chi connectivity index (χ1n) is 9.62. The fourth-order valence-corrected chi connectivity index (χ4v) is 5.45. The number of hydrogen-bond donors (Lipinski definition) is 0. The van der Waals surface area contributed by atoms with Gasteiger partial charge in [-0.25, -0.2) is 0 Å². The monoisotopic (exact) mass is 427 g/mol. The lowest BCUT2D eigenvalue weighted by molar-refractivity contribution is -0.140. The maximum absolute atomic E-state index is 12.8. The quantitative estimate of drug-likeness (QED) is 0.410. The number of amides is 2. The molecule has 5 rings (SSSR count). The molecule has 148 valence electrons. The number of aryl methyl sites for hydroxylation is 1. The Morgan fingerprint density at radius 1 is 1.07 bits per heavy atom. The van der Waals surface area contributed by atoms with Gasteiger partial charge in [0, 0.05) is 17.0 Å². The molecule has 7 heteroatoms. The number of rotatable bonds is 3. The van der Waals surface area contributed by atoms with Crippen molar-refractivity contribution in [1.29, 1.82) is 0 Å². The molecule has 2 heterocycles. The number of carbonyl (C=O) groups is 2. The highest BCUT2D eigenvalue weighted by Gasteiger charge is 2.59. The smallest absolute Gasteiger partial charge is 0.254 e. The predicted octanol–water partition coefficient (Wildman–Crippen LogP) is 4.54. The predicted molar refractivity (Wildman–Crippen MR) is 112 cm³/mol. The van der Waals surface area contributed by atoms with Gasteiger partial charge in [0.1, 0.15) is 0 Å². The summed E-state index contributed by atoms with van der Waals surface area (Å²) in [6, 6.07) is 7.44. The maximum atomic E-state index is 12.8. The lowest BCUT2D eigenvalue weighted by atomic mass is 9.85. The molecule has 1 saturated heterocycles. The van der Waals surface area contributed by atoms with Crippen molar-refractivity contribution in [2.45, 2.75) is 20.3 Å². The molecule has 2 aliphatic carbocycles. The average molecular weight is 428 g/mol. The third-order valence-electron chi connectivity index (χ3n) is 6.40. The number of imide groups is 1. The van der Waals surface area contributed by atoms with Crippen LogP contribution in [0.15, 0.2) is 41.5 Å². The van der Waals surface area contributed by atoms with Gasteiger partial charge in [-0.3, -0.25) is 9.59 Å². The van der Waals surface area contributed by atoms with E-state index >= 15 is 0 Å². The second kappa shape index (κ2) is 6.57. The third-order valence-corrected chi connectivity index (χ3v) is 7.21. The molecule has 1 aromatic carbocycles. The molecule has 2 aromatic rings. The molecule has 5 nitrogen and oxygen atoms in total. The van der Waals surface area contributed by atoms with E-state index in [4.69, 9.17) is 23.2 Å². The van der Waals surface area contributed by atoms with Crippen LogP contribution < -0.4 is 0 Å². The van der Waals surface area contributed by atoms with Crippen molar-refractivity contribution in [3.8, 4) is 5.69 Å². The first-order chi connectivity index (χ1) is 13.9. The molecule has 0 spiro atoms. The van der Waals surface area contributed by atoms with Crippen molar-refractivity contribution in [3.63, 3.8) is 0 Å². The van der Waals surface area contributed by atoms with E-state index in [-0.39, 0.29) is 35.5 Å². The molecule has 4 unspecified atom stereocenters. The third kappa shape index (κ3) is 2.64. The SMILES string of the molecule is Cc1cc(C=NN2C(=O)C3C4C=CC(C4)C3C2=O)c(C)n1-c1cccc(Cl)c1Cl. The van der Waals surface area contributed by atoms with Crippen molar-refractivity contribution in [2.75, 3.05) is 0 Å². The van der Waals surface area contributed by atoms with Crippen LogP contribution in [0.3, 0.4) is 0 Å². The second-order valence-electron chi connectivity index (χ2n) is 7.97. The highest BCUT2D eigenvalue weighted by molar-refractivity contribution is 6.43. The van der Waals surface area contributed by atoms with Crippen LogP contribution in [0.2, 0.25) is 10.0 Å². The van der Waals surface area contributed by atoms with Gasteiger partial charge in [0.2, 0.25) is 0 Å². The summed E-state index contributed by atoms with van der Waals surface area (Å²) in [5, 5.41) is 6.32. The number of carbonyl (C=O) groups excluding carboxylic acids is 2. The van der Waals surface area contributed by atoms with Gasteiger partial charge < -0.3 is 4.57 Å². The summed E-state index contributed by atoms with van der Waals surface area (Å²) in [5.41, 5.74) is 3.44. The Morgan fingerprint density at radius 3 is 2.38 bits per heavy atom. The molecule has 2 bridgehead atoms. The van der Waals surface area contributed by atoms with E-state index in [0.29, 0.717) is 10.0 Å². The summed E-state index contributed by atoms with van der Waals surface area (Å²) >= 11 is 12.6. The summed E-state index contributed by atoms with van der Waals surface area (Å²) in [6.45, 7) is 3.90. The summed E-state index contributed by atoms with van der Waals surface area (Å²) in [4.78, 5) is 25.6. The molecule has 1 aromatic heterocycles. The lowest BCUT2D eigenvalue weighted by Crippen LogP contribution is -2.28. The Bertz CT molecular complexity index is 1090. The van der Waals surface area contributed by atoms with E-state index in [1.54, 1.807) is 12.3 Å². The molecule has 0 N–H and O–H groups in total. The number of hydrazone groups is 1. The van der Waals surface area contributed by atoms with Gasteiger partial charge in [-0.1, -0.05) is 41.4 Å². The second-order valence-corrected chi connectivity index (χ2v) is 8.75. The van der Waals surface area contributed by atoms with E-state index < -0.39 is 0 Å². The molecule has 29 heavy (non-hydrogen) atoms. The average Bonchev–Trinajstić information content (AvgIpc) is 3.42. The number of halogens is 2. The zero-order chi connectivity index (χ0) is 20.4. The summed E-state index contributed by atoms with van der Waals surface area (Å²) in [6.07, 6.45) is 6.65. The number of fused-ring (bicyclic) bond motifs is 5. The summed E-state index contributed by atoms with van der Waals surface area (Å²) in [7, 11) is 0. The van der Waals surface area contributed by atoms with Crippen LogP contribution in [-0.4, -0.2) is 27.6 Å². The fraction of sp³-hybridized carbons (Fsp3) is 0.318. The largest absolute Gasteiger partial charge is 0.316 e. The van der Waals surface area contributed by atoms with Crippen molar-refractivity contribution in [2.24, 2.45) is 28.8 Å². The molecule has 4 atom stereocenters. The Labute approximate surface area is 178 Å². The Kier molecular flexibility index (Phi) is 4.23. The van der Waals surface area contributed by atoms with Gasteiger partial charge in [-0.15, -0.1) is 0 Å². The number of allylic oxidation sites excluding steroid dienone is 2. The lowest BCUT2D eigenvalue weighted by Gasteiger charge is -2.13. The summed E-state index contributed by atoms with van der Waals surface area (Å²) in [5.74, 6) is -0.493. The normalized spacial score (nSPS) is 27.7. The molecule has 2 amide bonds. The van der Waals surface area contributed by atoms with Crippen LogP contribution in [0.4, 0.5) is 0 Å². The van der Waals surface area contributed by atoms with Crippen molar-refractivity contribution in [3.05, 3.63) is 63.4 Å². The van der Waals surface area contributed by atoms with Crippen LogP contribution in [0.1, 0.15) is 23.4 Å². The van der Waals surface area contributed by atoms with Crippen molar-refractivity contribution < 1.29 is 9.59 Å². The standard InChI is InChI=1S/C22H19Cl2N3O2/c1-11-8-15(12(2)26(11)17-5-3-4-16(23)20(17)24)10-25-27-21(28)18-13-6-7-14(9-13)19(18)22(27)29/h3-8,10,13-14,18-19H,9H2,1-2H3. The van der Waals surface area contributed by atoms with Gasteiger partial charge in [-0.05, 0) is 50.3 Å². The van der Waals surface area contributed by atoms with Gasteiger partial charge >= 0.3 is 0 Å². The van der Waals surface area contributed by atoms with E-state index in [1.807, 2.05) is 36.6 Å². The first kappa shape index (κ1) is 18.6. The van der Waals surface area contributed by atoms with Crippen molar-refractivity contribution >= 4 is 41.2 Å². The molecule has 3 aliphatic rings. The minimum atomic E-state index is -0.243. The Hall–Kier alpha value is -2.37. The number of aromatic nitrogens is 1. The van der Waals surface area contributed by atoms with E-state index in [2.05, 4.69) is 17.3 Å². The van der Waals surface area contributed by atoms with Crippen LogP contribution in [0.5, 0.6) is 0 Å². The molecule has 1 saturated carbocycles. The minimum absolute atomic E-state index is 0.177. The number of nitrogens with zero attached hydrogens (tertiary/aromatic N) is 3. The zero-order valence-corrected chi connectivity index (χ0v) is 17.5. The van der Waals surface area contributed by atoms with E-state index in [1.165, 1.54) is 0 Å². The van der Waals surface area contributed by atoms with Gasteiger partial charge in [0.05, 0.1) is 33.8 Å².